The van der Waals surface area contributed by atoms with Gasteiger partial charge in [0.2, 0.25) is 5.89 Å². The fourth-order valence-corrected chi connectivity index (χ4v) is 3.94. The summed E-state index contributed by atoms with van der Waals surface area (Å²) in [7, 11) is 3.04. The number of aromatic nitrogens is 1. The van der Waals surface area contributed by atoms with Crippen LogP contribution in [0.1, 0.15) is 38.8 Å². The molecule has 0 saturated heterocycles. The Morgan fingerprint density at radius 1 is 1.00 bits per heavy atom. The topological polar surface area (TPSA) is 90.0 Å². The molecule has 8 nitrogen and oxygen atoms in total. The van der Waals surface area contributed by atoms with Crippen molar-refractivity contribution in [2.24, 2.45) is 0 Å². The van der Waals surface area contributed by atoms with Crippen LogP contribution in [0.25, 0.3) is 0 Å². The van der Waals surface area contributed by atoms with E-state index < -0.39 is 17.6 Å². The highest BCUT2D eigenvalue weighted by molar-refractivity contribution is 5.91. The van der Waals surface area contributed by atoms with Crippen molar-refractivity contribution >= 4 is 5.91 Å². The second-order valence-corrected chi connectivity index (χ2v) is 8.38. The third-order valence-electron chi connectivity index (χ3n) is 5.69. The maximum Gasteiger partial charge on any atom is 0.416 e. The minimum absolute atomic E-state index is 0.0736. The molecule has 0 spiro atoms. The van der Waals surface area contributed by atoms with Crippen LogP contribution in [0.15, 0.2) is 76.0 Å². The average molecular weight is 530 g/mol. The number of benzene rings is 2. The smallest absolute Gasteiger partial charge is 0.416 e. The summed E-state index contributed by atoms with van der Waals surface area (Å²) in [4.78, 5) is 18.6. The number of para-hydroxylation sites is 1. The molecule has 2 aromatic carbocycles. The van der Waals surface area contributed by atoms with Gasteiger partial charge in [0.25, 0.3) is 5.91 Å². The number of oxazole rings is 1. The normalized spacial score (nSPS) is 11.5. The first-order valence-electron chi connectivity index (χ1n) is 11.6. The summed E-state index contributed by atoms with van der Waals surface area (Å²) in [5.41, 5.74) is 0.538. The summed E-state index contributed by atoms with van der Waals surface area (Å²) in [5.74, 6) is 1.39. The van der Waals surface area contributed by atoms with Crippen LogP contribution in [0.3, 0.4) is 0 Å². The van der Waals surface area contributed by atoms with E-state index >= 15 is 0 Å². The summed E-state index contributed by atoms with van der Waals surface area (Å²) in [6.07, 6.45) is -1.72. The van der Waals surface area contributed by atoms with Gasteiger partial charge in [-0.1, -0.05) is 30.3 Å². The molecule has 0 aliphatic carbocycles. The SMILES string of the molecule is COc1cccc(CN(Cc2cccc(C(F)(F)F)c2)Cc2nc(C(=O)NCc3ccco3)co2)c1OC. The molecule has 2 heterocycles. The monoisotopic (exact) mass is 529 g/mol. The maximum absolute atomic E-state index is 13.3. The van der Waals surface area contributed by atoms with E-state index in [2.05, 4.69) is 10.3 Å². The first-order valence-corrected chi connectivity index (χ1v) is 11.6. The Morgan fingerprint density at radius 2 is 1.82 bits per heavy atom. The highest BCUT2D eigenvalue weighted by Gasteiger charge is 2.30. The molecule has 0 unspecified atom stereocenters. The van der Waals surface area contributed by atoms with E-state index in [1.54, 1.807) is 30.3 Å². The van der Waals surface area contributed by atoms with Crippen LogP contribution in [0, 0.1) is 0 Å². The molecule has 0 atom stereocenters. The Kier molecular flexibility index (Phi) is 8.37. The number of ether oxygens (including phenoxy) is 2. The molecule has 1 amide bonds. The summed E-state index contributed by atoms with van der Waals surface area (Å²) < 4.78 is 61.5. The van der Waals surface area contributed by atoms with Gasteiger partial charge < -0.3 is 23.6 Å². The van der Waals surface area contributed by atoms with Crippen molar-refractivity contribution in [2.45, 2.75) is 32.4 Å². The molecule has 0 radical (unpaired) electrons. The van der Waals surface area contributed by atoms with Gasteiger partial charge in [-0.25, -0.2) is 4.98 Å². The molecule has 200 valence electrons. The van der Waals surface area contributed by atoms with Crippen LogP contribution in [-0.4, -0.2) is 30.0 Å². The number of alkyl halides is 3. The van der Waals surface area contributed by atoms with Gasteiger partial charge in [0.1, 0.15) is 12.0 Å². The molecule has 38 heavy (non-hydrogen) atoms. The number of furan rings is 1. The van der Waals surface area contributed by atoms with Crippen LogP contribution in [0.4, 0.5) is 13.2 Å². The molecule has 11 heteroatoms. The summed E-state index contributed by atoms with van der Waals surface area (Å²) >= 11 is 0. The van der Waals surface area contributed by atoms with Gasteiger partial charge in [0, 0.05) is 18.7 Å². The van der Waals surface area contributed by atoms with E-state index in [1.807, 2.05) is 11.0 Å². The third kappa shape index (κ3) is 6.74. The van der Waals surface area contributed by atoms with E-state index in [1.165, 1.54) is 32.8 Å². The zero-order valence-electron chi connectivity index (χ0n) is 20.7. The van der Waals surface area contributed by atoms with E-state index in [-0.39, 0.29) is 37.8 Å². The minimum Gasteiger partial charge on any atom is -0.493 e. The molecule has 0 saturated carbocycles. The quantitative estimate of drug-likeness (QED) is 0.277. The number of rotatable bonds is 11. The standard InChI is InChI=1S/C27H26F3N3O5/c1-35-23-10-4-7-19(25(23)36-2)15-33(14-18-6-3-8-20(12-18)27(28,29)30)16-24-32-22(17-38-24)26(34)31-13-21-9-5-11-37-21/h3-12,17H,13-16H2,1-2H3,(H,31,34). The van der Waals surface area contributed by atoms with Gasteiger partial charge in [0.15, 0.2) is 17.2 Å². The largest absolute Gasteiger partial charge is 0.493 e. The number of methoxy groups -OCH3 is 2. The summed E-state index contributed by atoms with van der Waals surface area (Å²) in [6.45, 7) is 0.721. The molecule has 4 rings (SSSR count). The molecule has 4 aromatic rings. The lowest BCUT2D eigenvalue weighted by Crippen LogP contribution is -2.24. The van der Waals surface area contributed by atoms with Crippen molar-refractivity contribution in [1.29, 1.82) is 0 Å². The zero-order valence-corrected chi connectivity index (χ0v) is 20.7. The number of halogens is 3. The lowest BCUT2D eigenvalue weighted by atomic mass is 10.1. The number of nitrogens with zero attached hydrogens (tertiary/aromatic N) is 2. The van der Waals surface area contributed by atoms with Crippen LogP contribution < -0.4 is 14.8 Å². The van der Waals surface area contributed by atoms with E-state index in [0.717, 1.165) is 17.7 Å². The van der Waals surface area contributed by atoms with Crippen molar-refractivity contribution in [3.63, 3.8) is 0 Å². The van der Waals surface area contributed by atoms with Crippen LogP contribution in [0.2, 0.25) is 0 Å². The second kappa shape index (κ2) is 11.9. The van der Waals surface area contributed by atoms with E-state index in [9.17, 15) is 18.0 Å². The highest BCUT2D eigenvalue weighted by Crippen LogP contribution is 2.33. The minimum atomic E-state index is -4.46. The van der Waals surface area contributed by atoms with Crippen molar-refractivity contribution in [3.05, 3.63) is 101 Å². The number of hydrogen-bond donors (Lipinski definition) is 1. The van der Waals surface area contributed by atoms with Crippen LogP contribution in [0.5, 0.6) is 11.5 Å². The zero-order chi connectivity index (χ0) is 27.1. The summed E-state index contributed by atoms with van der Waals surface area (Å²) in [6, 6.07) is 14.0. The van der Waals surface area contributed by atoms with Gasteiger partial charge in [-0.15, -0.1) is 0 Å². The number of amides is 1. The first kappa shape index (κ1) is 26.8. The van der Waals surface area contributed by atoms with E-state index in [0.29, 0.717) is 22.8 Å². The number of hydrogen-bond acceptors (Lipinski definition) is 7. The molecule has 2 aromatic heterocycles. The lowest BCUT2D eigenvalue weighted by molar-refractivity contribution is -0.137. The molecule has 0 fully saturated rings. The molecule has 0 aliphatic heterocycles. The van der Waals surface area contributed by atoms with E-state index in [4.69, 9.17) is 18.3 Å². The van der Waals surface area contributed by atoms with Crippen molar-refractivity contribution in [3.8, 4) is 11.5 Å². The van der Waals surface area contributed by atoms with Crippen LogP contribution >= 0.6 is 0 Å². The van der Waals surface area contributed by atoms with Crippen molar-refractivity contribution in [2.75, 3.05) is 14.2 Å². The van der Waals surface area contributed by atoms with Gasteiger partial charge in [-0.2, -0.15) is 13.2 Å². The third-order valence-corrected chi connectivity index (χ3v) is 5.69. The number of carbonyl (C=O) groups is 1. The van der Waals surface area contributed by atoms with Crippen LogP contribution in [-0.2, 0) is 32.4 Å². The number of carbonyl (C=O) groups excluding carboxylic acids is 1. The molecule has 1 N–H and O–H groups in total. The summed E-state index contributed by atoms with van der Waals surface area (Å²) in [5, 5.41) is 2.69. The first-order chi connectivity index (χ1) is 18.3. The molecular formula is C27H26F3N3O5. The Morgan fingerprint density at radius 3 is 2.53 bits per heavy atom. The lowest BCUT2D eigenvalue weighted by Gasteiger charge is -2.23. The van der Waals surface area contributed by atoms with Crippen molar-refractivity contribution in [1.82, 2.24) is 15.2 Å². The Bertz CT molecular complexity index is 1350. The predicted molar refractivity (Wildman–Crippen MR) is 130 cm³/mol. The average Bonchev–Trinajstić information content (AvgIpc) is 3.59. The van der Waals surface area contributed by atoms with Gasteiger partial charge in [-0.3, -0.25) is 9.69 Å². The molecule has 0 bridgehead atoms. The van der Waals surface area contributed by atoms with Gasteiger partial charge in [-0.05, 0) is 29.8 Å². The Hall–Kier alpha value is -4.25. The highest BCUT2D eigenvalue weighted by atomic mass is 19.4. The molecule has 0 aliphatic rings. The predicted octanol–water partition coefficient (Wildman–Crippen LogP) is 5.44. The van der Waals surface area contributed by atoms with Gasteiger partial charge >= 0.3 is 6.18 Å². The van der Waals surface area contributed by atoms with Gasteiger partial charge in [0.05, 0.1) is 39.1 Å². The molecular weight excluding hydrogens is 503 g/mol. The fourth-order valence-electron chi connectivity index (χ4n) is 3.94. The maximum atomic E-state index is 13.3. The Balaban J connectivity index is 1.55. The van der Waals surface area contributed by atoms with Crippen molar-refractivity contribution < 1.29 is 36.3 Å². The Labute approximate surface area is 217 Å². The fraction of sp³-hybridized carbons (Fsp3) is 0.259. The number of nitrogens with one attached hydrogen (secondary N) is 1. The second-order valence-electron chi connectivity index (χ2n) is 8.38.